The highest BCUT2D eigenvalue weighted by Gasteiger charge is 2.37. The Labute approximate surface area is 260 Å². The van der Waals surface area contributed by atoms with Crippen molar-refractivity contribution >= 4 is 52.8 Å². The molecule has 1 saturated carbocycles. The number of carbonyl (C=O) groups excluding carboxylic acids is 3. The third-order valence-corrected chi connectivity index (χ3v) is 7.92. The second kappa shape index (κ2) is 14.0. The lowest BCUT2D eigenvalue weighted by Crippen LogP contribution is -2.54. The highest BCUT2D eigenvalue weighted by Crippen LogP contribution is 2.38. The summed E-state index contributed by atoms with van der Waals surface area (Å²) in [6.45, 7) is 2.65. The van der Waals surface area contributed by atoms with Crippen LogP contribution in [0.25, 0.3) is 6.08 Å². The van der Waals surface area contributed by atoms with Crippen LogP contribution in [-0.4, -0.2) is 37.7 Å². The van der Waals surface area contributed by atoms with Crippen LogP contribution < -0.4 is 24.4 Å². The highest BCUT2D eigenvalue weighted by molar-refractivity contribution is 6.39. The number of carbonyl (C=O) groups is 3. The van der Waals surface area contributed by atoms with Crippen LogP contribution in [0.15, 0.2) is 66.2 Å². The third-order valence-electron chi connectivity index (χ3n) is 7.38. The van der Waals surface area contributed by atoms with Gasteiger partial charge in [-0.25, -0.2) is 9.69 Å². The van der Waals surface area contributed by atoms with Gasteiger partial charge in [0.1, 0.15) is 24.5 Å². The fourth-order valence-corrected chi connectivity index (χ4v) is 5.70. The van der Waals surface area contributed by atoms with Gasteiger partial charge in [-0.05, 0) is 91.4 Å². The second-order valence-corrected chi connectivity index (χ2v) is 11.1. The van der Waals surface area contributed by atoms with E-state index in [-0.39, 0.29) is 22.9 Å². The van der Waals surface area contributed by atoms with E-state index in [2.05, 4.69) is 17.4 Å². The molecule has 224 valence electrons. The van der Waals surface area contributed by atoms with Crippen LogP contribution in [0.2, 0.25) is 10.0 Å². The minimum absolute atomic E-state index is 0.212. The Bertz CT molecular complexity index is 1520. The molecule has 0 unspecified atom stereocenters. The number of benzene rings is 3. The van der Waals surface area contributed by atoms with Crippen LogP contribution in [0.1, 0.15) is 56.1 Å². The molecular weight excluding hydrogens is 591 g/mol. The van der Waals surface area contributed by atoms with Gasteiger partial charge in [0.15, 0.2) is 11.5 Å². The molecule has 0 aromatic heterocycles. The summed E-state index contributed by atoms with van der Waals surface area (Å²) in [5, 5.41) is 2.87. The Morgan fingerprint density at radius 1 is 0.884 bits per heavy atom. The quantitative estimate of drug-likeness (QED) is 0.142. The number of nitrogens with one attached hydrogen (secondary N) is 1. The molecule has 1 N–H and O–H groups in total. The van der Waals surface area contributed by atoms with E-state index in [1.807, 2.05) is 19.1 Å². The third kappa shape index (κ3) is 7.32. The van der Waals surface area contributed by atoms with Gasteiger partial charge >= 0.3 is 6.03 Å². The predicted molar refractivity (Wildman–Crippen MR) is 166 cm³/mol. The number of nitrogens with zero attached hydrogens (tertiary/aromatic N) is 1. The molecule has 2 aliphatic rings. The number of amides is 4. The summed E-state index contributed by atoms with van der Waals surface area (Å²) in [5.74, 6) is 0.461. The normalized spacial score (nSPS) is 16.8. The second-order valence-electron chi connectivity index (χ2n) is 10.3. The number of halogens is 2. The fraction of sp³-hybridized carbons (Fsp3) is 0.303. The Hall–Kier alpha value is -4.01. The summed E-state index contributed by atoms with van der Waals surface area (Å²) in [7, 11) is 0. The molecule has 1 heterocycles. The molecule has 10 heteroatoms. The van der Waals surface area contributed by atoms with Gasteiger partial charge in [-0.2, -0.15) is 0 Å². The number of anilines is 1. The van der Waals surface area contributed by atoms with Crippen LogP contribution in [0, 0.1) is 0 Å². The molecule has 8 nitrogen and oxygen atoms in total. The van der Waals surface area contributed by atoms with Gasteiger partial charge in [0.25, 0.3) is 11.8 Å². The minimum atomic E-state index is -0.853. The van der Waals surface area contributed by atoms with E-state index in [4.69, 9.17) is 37.4 Å². The molecule has 0 bridgehead atoms. The molecule has 1 aliphatic heterocycles. The Morgan fingerprint density at radius 3 is 2.28 bits per heavy atom. The van der Waals surface area contributed by atoms with Crippen molar-refractivity contribution in [1.29, 1.82) is 0 Å². The number of hydrogen-bond donors (Lipinski definition) is 1. The van der Waals surface area contributed by atoms with Crippen LogP contribution in [-0.2, 0) is 9.59 Å². The largest absolute Gasteiger partial charge is 0.490 e. The molecule has 1 aliphatic carbocycles. The molecule has 3 aromatic carbocycles. The van der Waals surface area contributed by atoms with Gasteiger partial charge in [-0.3, -0.25) is 14.9 Å². The van der Waals surface area contributed by atoms with Crippen molar-refractivity contribution in [3.63, 3.8) is 0 Å². The topological polar surface area (TPSA) is 94.2 Å². The molecule has 3 aromatic rings. The van der Waals surface area contributed by atoms with Crippen molar-refractivity contribution in [2.24, 2.45) is 0 Å². The summed E-state index contributed by atoms with van der Waals surface area (Å²) in [6.07, 6.45) is 7.77. The van der Waals surface area contributed by atoms with Gasteiger partial charge in [0, 0.05) is 5.02 Å². The summed E-state index contributed by atoms with van der Waals surface area (Å²) < 4.78 is 17.6. The summed E-state index contributed by atoms with van der Waals surface area (Å²) in [6, 6.07) is 16.7. The summed E-state index contributed by atoms with van der Waals surface area (Å²) in [4.78, 5) is 39.2. The zero-order valence-corrected chi connectivity index (χ0v) is 25.2. The van der Waals surface area contributed by atoms with Gasteiger partial charge < -0.3 is 14.2 Å². The minimum Gasteiger partial charge on any atom is -0.490 e. The molecule has 0 radical (unpaired) electrons. The first-order valence-electron chi connectivity index (χ1n) is 14.3. The SMILES string of the molecule is CCOc1cc(/C=C2/C(=O)NC(=O)N(c3ccc(Cl)cc3)C2=O)cc(Cl)c1OCCOc1ccc(C2CCCCC2)cc1. The van der Waals surface area contributed by atoms with Crippen molar-refractivity contribution in [2.45, 2.75) is 44.9 Å². The van der Waals surface area contributed by atoms with Crippen molar-refractivity contribution in [3.05, 3.63) is 87.4 Å². The van der Waals surface area contributed by atoms with Gasteiger partial charge in [0.2, 0.25) is 0 Å². The standard InChI is InChI=1S/C33H32Cl2N2O6/c1-2-41-29-20-21(18-27-31(38)36-33(40)37(32(27)39)25-12-10-24(34)11-13-25)19-28(35)30(29)43-17-16-42-26-14-8-23(9-15-26)22-6-4-3-5-7-22/h8-15,18-20,22H,2-7,16-17H2,1H3,(H,36,38,40)/b27-18-. The first-order chi connectivity index (χ1) is 20.8. The number of rotatable bonds is 10. The molecule has 1 saturated heterocycles. The van der Waals surface area contributed by atoms with Gasteiger partial charge in [-0.15, -0.1) is 0 Å². The first-order valence-corrected chi connectivity index (χ1v) is 15.1. The number of hydrogen-bond acceptors (Lipinski definition) is 6. The summed E-state index contributed by atoms with van der Waals surface area (Å²) >= 11 is 12.5. The highest BCUT2D eigenvalue weighted by atomic mass is 35.5. The van der Waals surface area contributed by atoms with E-state index in [9.17, 15) is 14.4 Å². The van der Waals surface area contributed by atoms with E-state index in [0.717, 1.165) is 10.6 Å². The van der Waals surface area contributed by atoms with Crippen molar-refractivity contribution in [1.82, 2.24) is 5.32 Å². The maximum Gasteiger partial charge on any atom is 0.335 e. The fourth-order valence-electron chi connectivity index (χ4n) is 5.30. The monoisotopic (exact) mass is 622 g/mol. The molecule has 0 atom stereocenters. The van der Waals surface area contributed by atoms with E-state index < -0.39 is 17.8 Å². The van der Waals surface area contributed by atoms with Crippen LogP contribution >= 0.6 is 23.2 Å². The average molecular weight is 624 g/mol. The summed E-state index contributed by atoms with van der Waals surface area (Å²) in [5.41, 5.74) is 1.80. The number of urea groups is 1. The predicted octanol–water partition coefficient (Wildman–Crippen LogP) is 7.56. The number of imide groups is 2. The van der Waals surface area contributed by atoms with Crippen LogP contribution in [0.5, 0.6) is 17.2 Å². The van der Waals surface area contributed by atoms with E-state index >= 15 is 0 Å². The maximum absolute atomic E-state index is 13.2. The molecule has 5 rings (SSSR count). The lowest BCUT2D eigenvalue weighted by atomic mass is 9.84. The molecule has 0 spiro atoms. The average Bonchev–Trinajstić information content (AvgIpc) is 3.00. The Balaban J connectivity index is 1.26. The van der Waals surface area contributed by atoms with Gasteiger partial charge in [0.05, 0.1) is 17.3 Å². The smallest absolute Gasteiger partial charge is 0.335 e. The number of barbiturate groups is 1. The van der Waals surface area contributed by atoms with Crippen molar-refractivity contribution < 1.29 is 28.6 Å². The molecule has 2 fully saturated rings. The number of ether oxygens (including phenoxy) is 3. The van der Waals surface area contributed by atoms with E-state index in [1.165, 1.54) is 55.9 Å². The van der Waals surface area contributed by atoms with Crippen LogP contribution in [0.4, 0.5) is 10.5 Å². The van der Waals surface area contributed by atoms with Crippen molar-refractivity contribution in [3.8, 4) is 17.2 Å². The van der Waals surface area contributed by atoms with Crippen molar-refractivity contribution in [2.75, 3.05) is 24.7 Å². The lowest BCUT2D eigenvalue weighted by molar-refractivity contribution is -0.122. The van der Waals surface area contributed by atoms with Crippen LogP contribution in [0.3, 0.4) is 0 Å². The Kier molecular flexibility index (Phi) is 9.89. The van der Waals surface area contributed by atoms with Gasteiger partial charge in [-0.1, -0.05) is 54.6 Å². The zero-order chi connectivity index (χ0) is 30.3. The molecule has 4 amide bonds. The lowest BCUT2D eigenvalue weighted by Gasteiger charge is -2.26. The molecular formula is C33H32Cl2N2O6. The van der Waals surface area contributed by atoms with E-state index in [1.54, 1.807) is 24.3 Å². The van der Waals surface area contributed by atoms with E-state index in [0.29, 0.717) is 41.2 Å². The zero-order valence-electron chi connectivity index (χ0n) is 23.7. The first kappa shape index (κ1) is 30.4. The molecule has 43 heavy (non-hydrogen) atoms. The maximum atomic E-state index is 13.2. The Morgan fingerprint density at radius 2 is 1.58 bits per heavy atom.